The van der Waals surface area contributed by atoms with Gasteiger partial charge in [-0.3, -0.25) is 0 Å². The molecule has 0 saturated carbocycles. The molecule has 3 aromatic carbocycles. The van der Waals surface area contributed by atoms with E-state index in [0.29, 0.717) is 5.92 Å². The average molecular weight is 431 g/mol. The summed E-state index contributed by atoms with van der Waals surface area (Å²) >= 11 is 8.02. The predicted molar refractivity (Wildman–Crippen MR) is 130 cm³/mol. The third-order valence-electron chi connectivity index (χ3n) is 6.90. The standard InChI is InChI=1S/C24H14S4/c1-9-10(2)24-22-20-16(28-24)6-4-14-18(20)12(8-26-14)11-7-25-13-3-5-15-19(17(11)13)21(22)23(9)27-15/h3-7,12H,8H2,1-2H3. The molecule has 0 bridgehead atoms. The zero-order valence-corrected chi connectivity index (χ0v) is 18.6. The molecular formula is C24H14S4. The highest BCUT2D eigenvalue weighted by Crippen LogP contribution is 2.58. The van der Waals surface area contributed by atoms with Gasteiger partial charge in [-0.1, -0.05) is 0 Å². The largest absolute Gasteiger partial charge is 0.143 e. The van der Waals surface area contributed by atoms with Crippen molar-refractivity contribution in [3.63, 3.8) is 0 Å². The van der Waals surface area contributed by atoms with Crippen LogP contribution in [0.3, 0.4) is 0 Å². The summed E-state index contributed by atoms with van der Waals surface area (Å²) in [6, 6.07) is 9.50. The fourth-order valence-electron chi connectivity index (χ4n) is 5.52. The first-order chi connectivity index (χ1) is 13.7. The second-order valence-corrected chi connectivity index (χ2v) is 12.2. The molecular weight excluding hydrogens is 417 g/mol. The zero-order chi connectivity index (χ0) is 18.3. The average Bonchev–Trinajstić information content (AvgIpc) is 3.43. The molecule has 3 aromatic heterocycles. The molecule has 134 valence electrons. The van der Waals surface area contributed by atoms with Crippen LogP contribution in [-0.4, -0.2) is 5.75 Å². The molecule has 0 saturated heterocycles. The minimum Gasteiger partial charge on any atom is -0.143 e. The summed E-state index contributed by atoms with van der Waals surface area (Å²) in [7, 11) is 0. The molecule has 0 spiro atoms. The number of hydrogen-bond donors (Lipinski definition) is 0. The van der Waals surface area contributed by atoms with Gasteiger partial charge in [0.25, 0.3) is 0 Å². The topological polar surface area (TPSA) is 0 Å². The first-order valence-electron chi connectivity index (χ1n) is 9.59. The van der Waals surface area contributed by atoms with Gasteiger partial charge < -0.3 is 0 Å². The molecule has 6 aromatic rings. The molecule has 1 aliphatic carbocycles. The summed E-state index contributed by atoms with van der Waals surface area (Å²) in [6.45, 7) is 4.66. The number of aryl methyl sites for hydroxylation is 2. The van der Waals surface area contributed by atoms with Gasteiger partial charge in [-0.2, -0.15) is 0 Å². The fourth-order valence-corrected chi connectivity index (χ4v) is 10.4. The maximum Gasteiger partial charge on any atom is 0.0394 e. The van der Waals surface area contributed by atoms with Gasteiger partial charge in [-0.25, -0.2) is 0 Å². The van der Waals surface area contributed by atoms with Crippen molar-refractivity contribution in [2.45, 2.75) is 24.7 Å². The molecule has 0 N–H and O–H groups in total. The van der Waals surface area contributed by atoms with E-state index in [-0.39, 0.29) is 0 Å². The Morgan fingerprint density at radius 3 is 2.25 bits per heavy atom. The Morgan fingerprint density at radius 1 is 0.750 bits per heavy atom. The van der Waals surface area contributed by atoms with Crippen molar-refractivity contribution >= 4 is 96.2 Å². The minimum absolute atomic E-state index is 0.533. The molecule has 2 aliphatic rings. The molecule has 0 amide bonds. The van der Waals surface area contributed by atoms with Crippen LogP contribution in [0.25, 0.3) is 50.4 Å². The predicted octanol–water partition coefficient (Wildman–Crippen LogP) is 8.80. The SMILES string of the molecule is Cc1c(C)c2sc3ccc4scc5c4c3c2c2c1sc1ccc3c(c12)C5CS3. The Bertz CT molecular complexity index is 1690. The Balaban J connectivity index is 1.88. The van der Waals surface area contributed by atoms with E-state index < -0.39 is 0 Å². The lowest BCUT2D eigenvalue weighted by Gasteiger charge is -2.16. The van der Waals surface area contributed by atoms with Gasteiger partial charge in [-0.05, 0) is 65.7 Å². The van der Waals surface area contributed by atoms with E-state index in [0.717, 1.165) is 0 Å². The summed E-state index contributed by atoms with van der Waals surface area (Å²) in [5, 5.41) is 10.2. The Hall–Kier alpha value is -1.59. The van der Waals surface area contributed by atoms with E-state index in [9.17, 15) is 0 Å². The molecule has 1 aliphatic heterocycles. The highest BCUT2D eigenvalue weighted by atomic mass is 32.2. The zero-order valence-electron chi connectivity index (χ0n) is 15.3. The van der Waals surface area contributed by atoms with Crippen molar-refractivity contribution in [2.24, 2.45) is 0 Å². The van der Waals surface area contributed by atoms with Gasteiger partial charge in [-0.15, -0.1) is 45.8 Å². The maximum atomic E-state index is 2.46. The van der Waals surface area contributed by atoms with Crippen LogP contribution < -0.4 is 0 Å². The summed E-state index contributed by atoms with van der Waals surface area (Å²) < 4.78 is 7.41. The highest BCUT2D eigenvalue weighted by molar-refractivity contribution is 7.99. The van der Waals surface area contributed by atoms with Gasteiger partial charge in [0.15, 0.2) is 0 Å². The maximum absolute atomic E-state index is 2.46. The van der Waals surface area contributed by atoms with Crippen molar-refractivity contribution in [3.8, 4) is 0 Å². The monoisotopic (exact) mass is 430 g/mol. The van der Waals surface area contributed by atoms with Crippen LogP contribution in [0.5, 0.6) is 0 Å². The van der Waals surface area contributed by atoms with Crippen molar-refractivity contribution in [1.82, 2.24) is 0 Å². The molecule has 28 heavy (non-hydrogen) atoms. The number of fused-ring (bicyclic) bond motifs is 1. The third-order valence-corrected chi connectivity index (χ3v) is 11.6. The number of thiophene rings is 3. The molecule has 1 atom stereocenters. The van der Waals surface area contributed by atoms with Crippen LogP contribution in [0, 0.1) is 13.8 Å². The Kier molecular flexibility index (Phi) is 2.60. The van der Waals surface area contributed by atoms with Crippen molar-refractivity contribution < 1.29 is 0 Å². The first-order valence-corrected chi connectivity index (χ1v) is 13.1. The lowest BCUT2D eigenvalue weighted by molar-refractivity contribution is 0.969. The number of hydrogen-bond acceptors (Lipinski definition) is 4. The Labute approximate surface area is 177 Å². The van der Waals surface area contributed by atoms with E-state index in [1.807, 2.05) is 34.0 Å². The summed E-state index contributed by atoms with van der Waals surface area (Å²) in [5.41, 5.74) is 6.15. The number of thioether (sulfide) groups is 1. The number of rotatable bonds is 0. The van der Waals surface area contributed by atoms with Crippen LogP contribution >= 0.6 is 45.8 Å². The van der Waals surface area contributed by atoms with E-state index in [1.165, 1.54) is 50.7 Å². The molecule has 4 heterocycles. The fraction of sp³-hybridized carbons (Fsp3) is 0.167. The molecule has 0 fully saturated rings. The van der Waals surface area contributed by atoms with Crippen LogP contribution in [0.15, 0.2) is 34.5 Å². The van der Waals surface area contributed by atoms with Crippen molar-refractivity contribution in [3.05, 3.63) is 51.9 Å². The first kappa shape index (κ1) is 15.3. The van der Waals surface area contributed by atoms with Gasteiger partial charge >= 0.3 is 0 Å². The summed E-state index contributed by atoms with van der Waals surface area (Å²) in [4.78, 5) is 1.51. The molecule has 0 radical (unpaired) electrons. The van der Waals surface area contributed by atoms with E-state index in [4.69, 9.17) is 0 Å². The van der Waals surface area contributed by atoms with Crippen LogP contribution in [0.1, 0.15) is 28.2 Å². The van der Waals surface area contributed by atoms with E-state index in [1.54, 1.807) is 32.7 Å². The van der Waals surface area contributed by atoms with Crippen molar-refractivity contribution in [1.29, 1.82) is 0 Å². The Morgan fingerprint density at radius 2 is 1.43 bits per heavy atom. The second-order valence-electron chi connectivity index (χ2n) is 8.08. The van der Waals surface area contributed by atoms with Crippen LogP contribution in [0.4, 0.5) is 0 Å². The molecule has 4 heteroatoms. The van der Waals surface area contributed by atoms with E-state index in [2.05, 4.69) is 55.3 Å². The van der Waals surface area contributed by atoms with E-state index >= 15 is 0 Å². The quantitative estimate of drug-likeness (QED) is 0.232. The van der Waals surface area contributed by atoms with Crippen LogP contribution in [-0.2, 0) is 0 Å². The van der Waals surface area contributed by atoms with Gasteiger partial charge in [0.1, 0.15) is 0 Å². The van der Waals surface area contributed by atoms with Gasteiger partial charge in [0, 0.05) is 67.0 Å². The second kappa shape index (κ2) is 4.76. The highest BCUT2D eigenvalue weighted by Gasteiger charge is 2.34. The summed E-state index contributed by atoms with van der Waals surface area (Å²) in [5.74, 6) is 1.71. The van der Waals surface area contributed by atoms with Crippen LogP contribution in [0.2, 0.25) is 0 Å². The smallest absolute Gasteiger partial charge is 0.0394 e. The molecule has 1 unspecified atom stereocenters. The lowest BCUT2D eigenvalue weighted by Crippen LogP contribution is -2.00. The van der Waals surface area contributed by atoms with Gasteiger partial charge in [0.2, 0.25) is 0 Å². The minimum atomic E-state index is 0.533. The molecule has 0 nitrogen and oxygen atoms in total. The number of benzene rings is 3. The lowest BCUT2D eigenvalue weighted by atomic mass is 9.85. The summed E-state index contributed by atoms with van der Waals surface area (Å²) in [6.07, 6.45) is 0. The normalized spacial score (nSPS) is 17.7. The van der Waals surface area contributed by atoms with Gasteiger partial charge in [0.05, 0.1) is 0 Å². The van der Waals surface area contributed by atoms with Crippen molar-refractivity contribution in [2.75, 3.05) is 5.75 Å². The third kappa shape index (κ3) is 1.50. The molecule has 8 rings (SSSR count).